The quantitative estimate of drug-likeness (QED) is 0.650. The number of urea groups is 1. The maximum absolute atomic E-state index is 11.6. The second-order valence-corrected chi connectivity index (χ2v) is 4.63. The summed E-state index contributed by atoms with van der Waals surface area (Å²) in [7, 11) is -4.72. The van der Waals surface area contributed by atoms with Crippen LogP contribution in [-0.4, -0.2) is 53.9 Å². The molecule has 2 fully saturated rings. The maximum Gasteiger partial charge on any atom is 0.418 e. The van der Waals surface area contributed by atoms with Crippen LogP contribution in [0.4, 0.5) is 4.79 Å². The smallest absolute Gasteiger partial charge is 0.310 e. The first-order chi connectivity index (χ1) is 7.42. The molecule has 2 saturated heterocycles. The van der Waals surface area contributed by atoms with E-state index in [1.54, 1.807) is 6.29 Å². The fraction of sp³-hybridized carbons (Fsp3) is 0.714. The van der Waals surface area contributed by atoms with Crippen LogP contribution in [0.15, 0.2) is 0 Å². The van der Waals surface area contributed by atoms with Crippen molar-refractivity contribution in [3.05, 3.63) is 0 Å². The molecular weight excluding hydrogens is 240 g/mol. The minimum Gasteiger partial charge on any atom is -0.310 e. The normalized spacial score (nSPS) is 29.7. The van der Waals surface area contributed by atoms with E-state index in [1.165, 1.54) is 4.90 Å². The summed E-state index contributed by atoms with van der Waals surface area (Å²) in [5, 5.41) is 0.590. The van der Waals surface area contributed by atoms with E-state index < -0.39 is 28.5 Å². The van der Waals surface area contributed by atoms with Gasteiger partial charge >= 0.3 is 16.4 Å². The van der Waals surface area contributed by atoms with E-state index in [4.69, 9.17) is 4.55 Å². The van der Waals surface area contributed by atoms with E-state index in [9.17, 15) is 18.0 Å². The van der Waals surface area contributed by atoms with Gasteiger partial charge < -0.3 is 4.90 Å². The number of carbonyl (C=O) groups excluding carboxylic acids is 2. The van der Waals surface area contributed by atoms with Crippen LogP contribution in [0.2, 0.25) is 0 Å². The number of carbonyl (C=O) groups is 1. The molecule has 0 saturated carbocycles. The van der Waals surface area contributed by atoms with Crippen molar-refractivity contribution in [2.45, 2.75) is 24.9 Å². The molecule has 1 N–H and O–H groups in total. The monoisotopic (exact) mass is 249 g/mol. The molecule has 1 radical (unpaired) electrons. The summed E-state index contributed by atoms with van der Waals surface area (Å²) in [6.45, 7) is 0.203. The van der Waals surface area contributed by atoms with Gasteiger partial charge in [-0.1, -0.05) is 0 Å². The van der Waals surface area contributed by atoms with E-state index >= 15 is 0 Å². The van der Waals surface area contributed by atoms with Gasteiger partial charge in [0.2, 0.25) is 6.29 Å². The number of amides is 2. The van der Waals surface area contributed by atoms with Crippen LogP contribution in [0.25, 0.3) is 0 Å². The van der Waals surface area contributed by atoms with Crippen LogP contribution in [0, 0.1) is 0 Å². The Kier molecular flexibility index (Phi) is 2.60. The van der Waals surface area contributed by atoms with Crippen molar-refractivity contribution in [2.24, 2.45) is 0 Å². The molecule has 8 nitrogen and oxygen atoms in total. The van der Waals surface area contributed by atoms with Crippen molar-refractivity contribution in [2.75, 3.05) is 6.54 Å². The molecule has 2 bridgehead atoms. The van der Waals surface area contributed by atoms with Crippen LogP contribution >= 0.6 is 0 Å². The number of hydrogen-bond acceptors (Lipinski definition) is 5. The molecular formula is C7H9N2O6S. The highest BCUT2D eigenvalue weighted by atomic mass is 32.3. The number of fused-ring (bicyclic) bond motifs is 2. The van der Waals surface area contributed by atoms with Gasteiger partial charge in [0.1, 0.15) is 6.04 Å². The highest BCUT2D eigenvalue weighted by Gasteiger charge is 2.47. The highest BCUT2D eigenvalue weighted by Crippen LogP contribution is 2.29. The highest BCUT2D eigenvalue weighted by molar-refractivity contribution is 7.80. The Morgan fingerprint density at radius 1 is 1.44 bits per heavy atom. The molecule has 0 aromatic carbocycles. The lowest BCUT2D eigenvalue weighted by molar-refractivity contribution is -0.0316. The van der Waals surface area contributed by atoms with Gasteiger partial charge in [-0.15, -0.1) is 4.28 Å². The Morgan fingerprint density at radius 3 is 2.69 bits per heavy atom. The molecule has 0 unspecified atom stereocenters. The largest absolute Gasteiger partial charge is 0.418 e. The molecule has 2 amide bonds. The molecule has 89 valence electrons. The van der Waals surface area contributed by atoms with Crippen LogP contribution in [-0.2, 0) is 19.5 Å². The van der Waals surface area contributed by atoms with Gasteiger partial charge in [0.05, 0.1) is 6.04 Å². The summed E-state index contributed by atoms with van der Waals surface area (Å²) < 4.78 is 33.7. The second kappa shape index (κ2) is 3.68. The van der Waals surface area contributed by atoms with Gasteiger partial charge in [-0.2, -0.15) is 13.5 Å². The Hall–Kier alpha value is -1.19. The van der Waals surface area contributed by atoms with E-state index in [-0.39, 0.29) is 6.54 Å². The predicted molar refractivity (Wildman–Crippen MR) is 49.1 cm³/mol. The van der Waals surface area contributed by atoms with E-state index in [0.717, 1.165) is 0 Å². The lowest BCUT2D eigenvalue weighted by Crippen LogP contribution is -2.40. The third kappa shape index (κ3) is 1.88. The molecule has 2 atom stereocenters. The van der Waals surface area contributed by atoms with E-state index in [0.29, 0.717) is 17.9 Å². The SMILES string of the molecule is O=[C][C@@H]1CC[C@@H]2CN1C(=O)N2OS(=O)(=O)O. The summed E-state index contributed by atoms with van der Waals surface area (Å²) in [5.41, 5.74) is 0. The zero-order valence-electron chi connectivity index (χ0n) is 8.07. The number of piperidine rings is 1. The summed E-state index contributed by atoms with van der Waals surface area (Å²) in [6.07, 6.45) is 2.54. The zero-order valence-corrected chi connectivity index (χ0v) is 8.88. The van der Waals surface area contributed by atoms with Gasteiger partial charge in [0, 0.05) is 6.54 Å². The maximum atomic E-state index is 11.6. The molecule has 0 aliphatic carbocycles. The lowest BCUT2D eigenvalue weighted by Gasteiger charge is -2.25. The molecule has 16 heavy (non-hydrogen) atoms. The minimum absolute atomic E-state index is 0.203. The average Bonchev–Trinajstić information content (AvgIpc) is 2.43. The number of hydrogen-bond donors (Lipinski definition) is 1. The predicted octanol–water partition coefficient (Wildman–Crippen LogP) is -0.901. The summed E-state index contributed by atoms with van der Waals surface area (Å²) in [4.78, 5) is 23.3. The Balaban J connectivity index is 2.19. The third-order valence-corrected chi connectivity index (χ3v) is 2.98. The molecule has 2 aliphatic heterocycles. The topological polar surface area (TPSA) is 104 Å². The minimum atomic E-state index is -4.72. The first kappa shape index (κ1) is 11.3. The van der Waals surface area contributed by atoms with Crippen molar-refractivity contribution < 1.29 is 26.8 Å². The van der Waals surface area contributed by atoms with Gasteiger partial charge in [-0.05, 0) is 12.8 Å². The summed E-state index contributed by atoms with van der Waals surface area (Å²) in [6, 6.07) is -1.87. The molecule has 2 heterocycles. The Bertz CT molecular complexity index is 421. The van der Waals surface area contributed by atoms with E-state index in [1.807, 2.05) is 0 Å². The van der Waals surface area contributed by atoms with Gasteiger partial charge in [0.25, 0.3) is 0 Å². The van der Waals surface area contributed by atoms with Crippen LogP contribution in [0.3, 0.4) is 0 Å². The number of nitrogens with zero attached hydrogens (tertiary/aromatic N) is 2. The van der Waals surface area contributed by atoms with Crippen molar-refractivity contribution in [1.29, 1.82) is 0 Å². The second-order valence-electron chi connectivity index (χ2n) is 3.63. The molecule has 0 spiro atoms. The van der Waals surface area contributed by atoms with Gasteiger partial charge in [-0.25, -0.2) is 4.79 Å². The first-order valence-corrected chi connectivity index (χ1v) is 5.93. The fourth-order valence-corrected chi connectivity index (χ4v) is 2.34. The molecule has 0 aromatic rings. The number of hydroxylamine groups is 2. The lowest BCUT2D eigenvalue weighted by atomic mass is 10.0. The number of rotatable bonds is 3. The van der Waals surface area contributed by atoms with Crippen LogP contribution in [0.5, 0.6) is 0 Å². The molecule has 9 heteroatoms. The molecule has 2 rings (SSSR count). The van der Waals surface area contributed by atoms with E-state index in [2.05, 4.69) is 4.28 Å². The standard InChI is InChI=1S/C7H9N2O6S/c10-4-6-2-1-5-3-8(6)7(11)9(5)15-16(12,13)14/h5-6H,1-3H2,(H,12,13,14)/t5-,6+/m1/s1. The van der Waals surface area contributed by atoms with Crippen molar-refractivity contribution in [1.82, 2.24) is 9.96 Å². The summed E-state index contributed by atoms with van der Waals surface area (Å²) >= 11 is 0. The Morgan fingerprint density at radius 2 is 2.12 bits per heavy atom. The molecule has 2 aliphatic rings. The fourth-order valence-electron chi connectivity index (χ4n) is 1.95. The summed E-state index contributed by atoms with van der Waals surface area (Å²) in [5.74, 6) is 0. The molecule has 0 aromatic heterocycles. The van der Waals surface area contributed by atoms with Crippen molar-refractivity contribution in [3.8, 4) is 0 Å². The first-order valence-electron chi connectivity index (χ1n) is 4.57. The van der Waals surface area contributed by atoms with Crippen molar-refractivity contribution >= 4 is 22.7 Å². The van der Waals surface area contributed by atoms with Crippen LogP contribution < -0.4 is 0 Å². The van der Waals surface area contributed by atoms with Gasteiger partial charge in [-0.3, -0.25) is 9.35 Å². The zero-order chi connectivity index (χ0) is 11.9. The Labute approximate surface area is 91.7 Å². The third-order valence-electron chi connectivity index (χ3n) is 2.63. The average molecular weight is 249 g/mol. The van der Waals surface area contributed by atoms with Crippen LogP contribution in [0.1, 0.15) is 12.8 Å². The van der Waals surface area contributed by atoms with Gasteiger partial charge in [0.15, 0.2) is 0 Å². The van der Waals surface area contributed by atoms with Crippen molar-refractivity contribution in [3.63, 3.8) is 0 Å².